The number of para-hydroxylation sites is 1. The number of hydrogen-bond acceptors (Lipinski definition) is 3. The Balaban J connectivity index is 1.98. The van der Waals surface area contributed by atoms with Crippen molar-refractivity contribution >= 4 is 34.7 Å². The first-order chi connectivity index (χ1) is 10.0. The lowest BCUT2D eigenvalue weighted by Gasteiger charge is -2.25. The molecule has 3 rings (SSSR count). The Morgan fingerprint density at radius 3 is 2.76 bits per heavy atom. The maximum Gasteiger partial charge on any atom is 0.277 e. The molecule has 2 N–H and O–H groups in total. The van der Waals surface area contributed by atoms with Gasteiger partial charge in [0.05, 0.1) is 0 Å². The van der Waals surface area contributed by atoms with Gasteiger partial charge in [0.15, 0.2) is 0 Å². The summed E-state index contributed by atoms with van der Waals surface area (Å²) >= 11 is 0. The number of carbonyl (C=O) groups is 3. The predicted molar refractivity (Wildman–Crippen MR) is 76.8 cm³/mol. The van der Waals surface area contributed by atoms with Crippen LogP contribution in [-0.4, -0.2) is 34.2 Å². The maximum atomic E-state index is 12.1. The van der Waals surface area contributed by atoms with Crippen molar-refractivity contribution in [1.29, 1.82) is 0 Å². The highest BCUT2D eigenvalue weighted by Gasteiger charge is 2.30. The smallest absolute Gasteiger partial charge is 0.277 e. The molecular formula is C15H13N3O3. The molecule has 0 spiro atoms. The van der Waals surface area contributed by atoms with E-state index in [2.05, 4.69) is 10.3 Å². The molecule has 0 radical (unpaired) electrons. The topological polar surface area (TPSA) is 82.3 Å². The molecule has 2 aromatic rings. The number of H-pyrrole nitrogens is 1. The van der Waals surface area contributed by atoms with Crippen molar-refractivity contribution in [3.05, 3.63) is 41.7 Å². The Morgan fingerprint density at radius 1 is 1.29 bits per heavy atom. The standard InChI is InChI=1S/C15H13N3O3/c1-9(19)18-8-14(20)17-13(15(18)21)7-11-6-10-4-2-3-5-12(10)16-11/h2-7,16H,8H2,1H3,(H,17,20)/b13-7+. The zero-order valence-electron chi connectivity index (χ0n) is 11.3. The lowest BCUT2D eigenvalue weighted by atomic mass is 10.2. The van der Waals surface area contributed by atoms with Crippen LogP contribution in [0.15, 0.2) is 36.0 Å². The zero-order valence-corrected chi connectivity index (χ0v) is 11.3. The average molecular weight is 283 g/mol. The van der Waals surface area contributed by atoms with Gasteiger partial charge in [-0.05, 0) is 23.6 Å². The number of piperazine rings is 1. The van der Waals surface area contributed by atoms with Gasteiger partial charge < -0.3 is 10.3 Å². The van der Waals surface area contributed by atoms with Crippen LogP contribution in [0.4, 0.5) is 0 Å². The minimum absolute atomic E-state index is 0.0907. The average Bonchev–Trinajstić information content (AvgIpc) is 2.84. The molecule has 0 atom stereocenters. The van der Waals surface area contributed by atoms with Crippen LogP contribution in [0.5, 0.6) is 0 Å². The van der Waals surface area contributed by atoms with E-state index in [1.165, 1.54) is 13.0 Å². The van der Waals surface area contributed by atoms with E-state index in [-0.39, 0.29) is 18.1 Å². The summed E-state index contributed by atoms with van der Waals surface area (Å²) in [5.41, 5.74) is 1.71. The van der Waals surface area contributed by atoms with Crippen molar-refractivity contribution in [2.45, 2.75) is 6.92 Å². The second-order valence-electron chi connectivity index (χ2n) is 4.83. The molecular weight excluding hydrogens is 270 g/mol. The third-order valence-electron chi connectivity index (χ3n) is 3.28. The normalized spacial score (nSPS) is 17.4. The van der Waals surface area contributed by atoms with E-state index < -0.39 is 11.8 Å². The lowest BCUT2D eigenvalue weighted by molar-refractivity contribution is -0.147. The summed E-state index contributed by atoms with van der Waals surface area (Å²) in [5, 5.41) is 3.50. The largest absolute Gasteiger partial charge is 0.355 e. The monoisotopic (exact) mass is 283 g/mol. The van der Waals surface area contributed by atoms with Crippen LogP contribution < -0.4 is 5.32 Å². The van der Waals surface area contributed by atoms with E-state index >= 15 is 0 Å². The summed E-state index contributed by atoms with van der Waals surface area (Å²) < 4.78 is 0. The highest BCUT2D eigenvalue weighted by Crippen LogP contribution is 2.17. The van der Waals surface area contributed by atoms with Crippen molar-refractivity contribution in [3.8, 4) is 0 Å². The first-order valence-corrected chi connectivity index (χ1v) is 6.46. The number of rotatable bonds is 1. The first-order valence-electron chi connectivity index (χ1n) is 6.46. The molecule has 0 unspecified atom stereocenters. The maximum absolute atomic E-state index is 12.1. The Labute approximate surface area is 120 Å². The lowest BCUT2D eigenvalue weighted by Crippen LogP contribution is -2.51. The fraction of sp³-hybridized carbons (Fsp3) is 0.133. The fourth-order valence-electron chi connectivity index (χ4n) is 2.29. The molecule has 1 fully saturated rings. The van der Waals surface area contributed by atoms with E-state index in [0.717, 1.165) is 15.8 Å². The van der Waals surface area contributed by atoms with E-state index in [9.17, 15) is 14.4 Å². The van der Waals surface area contributed by atoms with Crippen LogP contribution >= 0.6 is 0 Å². The molecule has 1 aromatic heterocycles. The van der Waals surface area contributed by atoms with Crippen LogP contribution in [0.2, 0.25) is 0 Å². The number of hydrogen-bond donors (Lipinski definition) is 2. The van der Waals surface area contributed by atoms with Gasteiger partial charge in [-0.2, -0.15) is 0 Å². The van der Waals surface area contributed by atoms with Crippen LogP contribution in [0.3, 0.4) is 0 Å². The number of imide groups is 1. The van der Waals surface area contributed by atoms with Gasteiger partial charge in [-0.3, -0.25) is 19.3 Å². The number of amides is 3. The van der Waals surface area contributed by atoms with Gasteiger partial charge in [0.2, 0.25) is 11.8 Å². The van der Waals surface area contributed by atoms with Crippen LogP contribution in [0, 0.1) is 0 Å². The number of carbonyl (C=O) groups excluding carboxylic acids is 3. The van der Waals surface area contributed by atoms with Crippen molar-refractivity contribution in [3.63, 3.8) is 0 Å². The van der Waals surface area contributed by atoms with Crippen LogP contribution in [-0.2, 0) is 14.4 Å². The summed E-state index contributed by atoms with van der Waals surface area (Å²) in [7, 11) is 0. The molecule has 6 nitrogen and oxygen atoms in total. The highest BCUT2D eigenvalue weighted by atomic mass is 16.2. The molecule has 2 heterocycles. The van der Waals surface area contributed by atoms with Crippen molar-refractivity contribution < 1.29 is 14.4 Å². The molecule has 1 saturated heterocycles. The van der Waals surface area contributed by atoms with E-state index in [0.29, 0.717) is 5.69 Å². The third-order valence-corrected chi connectivity index (χ3v) is 3.28. The fourth-order valence-corrected chi connectivity index (χ4v) is 2.29. The molecule has 0 saturated carbocycles. The van der Waals surface area contributed by atoms with Crippen molar-refractivity contribution in [1.82, 2.24) is 15.2 Å². The van der Waals surface area contributed by atoms with Crippen molar-refractivity contribution in [2.24, 2.45) is 0 Å². The van der Waals surface area contributed by atoms with Gasteiger partial charge in [-0.15, -0.1) is 0 Å². The van der Waals surface area contributed by atoms with Gasteiger partial charge >= 0.3 is 0 Å². The summed E-state index contributed by atoms with van der Waals surface area (Å²) in [5.74, 6) is -1.33. The van der Waals surface area contributed by atoms with E-state index in [4.69, 9.17) is 0 Å². The number of benzene rings is 1. The predicted octanol–water partition coefficient (Wildman–Crippen LogP) is 1.01. The van der Waals surface area contributed by atoms with Crippen LogP contribution in [0.25, 0.3) is 17.0 Å². The van der Waals surface area contributed by atoms with Gasteiger partial charge in [-0.25, -0.2) is 0 Å². The summed E-state index contributed by atoms with van der Waals surface area (Å²) in [6.45, 7) is 1.02. The first kappa shape index (κ1) is 13.1. The van der Waals surface area contributed by atoms with Gasteiger partial charge in [-0.1, -0.05) is 18.2 Å². The van der Waals surface area contributed by atoms with Gasteiger partial charge in [0, 0.05) is 18.1 Å². The summed E-state index contributed by atoms with van der Waals surface area (Å²) in [4.78, 5) is 39.2. The number of nitrogens with one attached hydrogen (secondary N) is 2. The summed E-state index contributed by atoms with van der Waals surface area (Å²) in [6.07, 6.45) is 1.54. The molecule has 1 aliphatic rings. The molecule has 1 aliphatic heterocycles. The minimum Gasteiger partial charge on any atom is -0.355 e. The Bertz CT molecular complexity index is 755. The van der Waals surface area contributed by atoms with Gasteiger partial charge in [0.1, 0.15) is 12.2 Å². The SMILES string of the molecule is CC(=O)N1CC(=O)N/C(=C/c2cc3ccccc3[nH]2)C1=O. The number of nitrogens with zero attached hydrogens (tertiary/aromatic N) is 1. The second-order valence-corrected chi connectivity index (χ2v) is 4.83. The van der Waals surface area contributed by atoms with E-state index in [1.807, 2.05) is 30.3 Å². The molecule has 0 bridgehead atoms. The number of aromatic amines is 1. The highest BCUT2D eigenvalue weighted by molar-refractivity contribution is 6.12. The molecule has 106 valence electrons. The minimum atomic E-state index is -0.499. The second kappa shape index (κ2) is 4.90. The van der Waals surface area contributed by atoms with Crippen molar-refractivity contribution in [2.75, 3.05) is 6.54 Å². The molecule has 1 aromatic carbocycles. The van der Waals surface area contributed by atoms with Gasteiger partial charge in [0.25, 0.3) is 5.91 Å². The zero-order chi connectivity index (χ0) is 15.0. The number of fused-ring (bicyclic) bond motifs is 1. The quantitative estimate of drug-likeness (QED) is 0.766. The third kappa shape index (κ3) is 2.43. The summed E-state index contributed by atoms with van der Waals surface area (Å²) in [6, 6.07) is 9.55. The van der Waals surface area contributed by atoms with Crippen LogP contribution in [0.1, 0.15) is 12.6 Å². The molecule has 6 heteroatoms. The molecule has 3 amide bonds. The number of aromatic nitrogens is 1. The molecule has 21 heavy (non-hydrogen) atoms. The van der Waals surface area contributed by atoms with E-state index in [1.54, 1.807) is 0 Å². The molecule has 0 aliphatic carbocycles. The Morgan fingerprint density at radius 2 is 2.05 bits per heavy atom. The Hall–Kier alpha value is -2.89. The Kier molecular flexibility index (Phi) is 3.06.